The van der Waals surface area contributed by atoms with Gasteiger partial charge in [0.2, 0.25) is 11.9 Å². The van der Waals surface area contributed by atoms with E-state index in [2.05, 4.69) is 25.9 Å². The minimum atomic E-state index is -0.129. The van der Waals surface area contributed by atoms with Crippen LogP contribution in [-0.2, 0) is 11.3 Å². The molecule has 0 atom stereocenters. The number of hydrogen-bond acceptors (Lipinski definition) is 5. The molecule has 1 amide bonds. The molecule has 1 aromatic carbocycles. The number of nitrogens with one attached hydrogen (secondary N) is 3. The van der Waals surface area contributed by atoms with Gasteiger partial charge in [-0.1, -0.05) is 23.7 Å². The first-order valence-electron chi connectivity index (χ1n) is 8.65. The van der Waals surface area contributed by atoms with E-state index in [0.29, 0.717) is 29.9 Å². The van der Waals surface area contributed by atoms with Gasteiger partial charge in [0.25, 0.3) is 0 Å². The Bertz CT molecular complexity index is 880. The molecule has 0 fully saturated rings. The smallest absolute Gasteiger partial charge is 0.239 e. The number of nitrogens with zero attached hydrogens (tertiary/aromatic N) is 3. The lowest BCUT2D eigenvalue weighted by Gasteiger charge is -2.11. The number of carbonyl (C=O) groups excluding carboxylic acids is 1. The van der Waals surface area contributed by atoms with Gasteiger partial charge in [-0.25, -0.2) is 0 Å². The standard InChI is InChI=1S/C19H21ClN6O/c1-2-21-19-24-16(11-17(25-19)26-9-3-4-10-26)22-13-18(27)23-12-14-5-7-15(20)8-6-14/h3-11H,2,12-13H2,1H3,(H,23,27)(H2,21,22,24,25). The molecule has 0 unspecified atom stereocenters. The Balaban J connectivity index is 1.60. The van der Waals surface area contributed by atoms with E-state index in [1.54, 1.807) is 18.2 Å². The fourth-order valence-electron chi connectivity index (χ4n) is 2.42. The highest BCUT2D eigenvalue weighted by molar-refractivity contribution is 6.30. The molecule has 7 nitrogen and oxygen atoms in total. The highest BCUT2D eigenvalue weighted by Crippen LogP contribution is 2.14. The highest BCUT2D eigenvalue weighted by atomic mass is 35.5. The lowest BCUT2D eigenvalue weighted by molar-refractivity contribution is -0.119. The first-order valence-corrected chi connectivity index (χ1v) is 9.03. The maximum absolute atomic E-state index is 12.1. The van der Waals surface area contributed by atoms with Crippen molar-refractivity contribution in [2.45, 2.75) is 13.5 Å². The van der Waals surface area contributed by atoms with Gasteiger partial charge >= 0.3 is 0 Å². The van der Waals surface area contributed by atoms with E-state index >= 15 is 0 Å². The van der Waals surface area contributed by atoms with E-state index in [1.165, 1.54) is 0 Å². The minimum absolute atomic E-state index is 0.112. The summed E-state index contributed by atoms with van der Waals surface area (Å²) in [5.41, 5.74) is 0.985. The first-order chi connectivity index (χ1) is 13.1. The van der Waals surface area contributed by atoms with Gasteiger partial charge in [-0.05, 0) is 36.8 Å². The van der Waals surface area contributed by atoms with Crippen LogP contribution in [0.15, 0.2) is 54.9 Å². The van der Waals surface area contributed by atoms with Crippen LogP contribution in [0.3, 0.4) is 0 Å². The molecule has 0 aliphatic rings. The van der Waals surface area contributed by atoms with Gasteiger partial charge in [0.1, 0.15) is 11.6 Å². The number of amides is 1. The molecule has 0 saturated heterocycles. The zero-order valence-corrected chi connectivity index (χ0v) is 15.7. The summed E-state index contributed by atoms with van der Waals surface area (Å²) < 4.78 is 1.88. The van der Waals surface area contributed by atoms with Crippen molar-refractivity contribution in [1.82, 2.24) is 19.9 Å². The SMILES string of the molecule is CCNc1nc(NCC(=O)NCc2ccc(Cl)cc2)cc(-n2cccc2)n1. The van der Waals surface area contributed by atoms with Gasteiger partial charge in [0.05, 0.1) is 6.54 Å². The highest BCUT2D eigenvalue weighted by Gasteiger charge is 2.07. The number of anilines is 2. The average Bonchev–Trinajstić information content (AvgIpc) is 3.21. The minimum Gasteiger partial charge on any atom is -0.361 e. The second-order valence-corrected chi connectivity index (χ2v) is 6.25. The van der Waals surface area contributed by atoms with Gasteiger partial charge < -0.3 is 20.5 Å². The largest absolute Gasteiger partial charge is 0.361 e. The van der Waals surface area contributed by atoms with Crippen LogP contribution in [0.2, 0.25) is 5.02 Å². The summed E-state index contributed by atoms with van der Waals surface area (Å²) >= 11 is 5.86. The van der Waals surface area contributed by atoms with Crippen molar-refractivity contribution in [3.8, 4) is 5.82 Å². The normalized spacial score (nSPS) is 10.4. The molecule has 2 aromatic heterocycles. The summed E-state index contributed by atoms with van der Waals surface area (Å²) in [5.74, 6) is 1.67. The summed E-state index contributed by atoms with van der Waals surface area (Å²) in [6.07, 6.45) is 3.81. The quantitative estimate of drug-likeness (QED) is 0.556. The Kier molecular flexibility index (Phi) is 6.27. The Morgan fingerprint density at radius 1 is 1.11 bits per heavy atom. The Morgan fingerprint density at radius 3 is 2.56 bits per heavy atom. The second kappa shape index (κ2) is 9.05. The molecule has 0 saturated carbocycles. The number of rotatable bonds is 8. The third-order valence-electron chi connectivity index (χ3n) is 3.75. The molecular formula is C19H21ClN6O. The molecule has 0 bridgehead atoms. The van der Waals surface area contributed by atoms with E-state index < -0.39 is 0 Å². The van der Waals surface area contributed by atoms with Crippen LogP contribution in [0.1, 0.15) is 12.5 Å². The van der Waals surface area contributed by atoms with Crippen LogP contribution in [-0.4, -0.2) is 33.5 Å². The van der Waals surface area contributed by atoms with Crippen molar-refractivity contribution in [3.63, 3.8) is 0 Å². The zero-order valence-electron chi connectivity index (χ0n) is 14.9. The number of hydrogen-bond donors (Lipinski definition) is 3. The summed E-state index contributed by atoms with van der Waals surface area (Å²) in [7, 11) is 0. The molecule has 0 aliphatic heterocycles. The zero-order chi connectivity index (χ0) is 19.1. The number of aromatic nitrogens is 3. The van der Waals surface area contributed by atoms with Crippen molar-refractivity contribution in [1.29, 1.82) is 0 Å². The van der Waals surface area contributed by atoms with Crippen LogP contribution < -0.4 is 16.0 Å². The lowest BCUT2D eigenvalue weighted by Crippen LogP contribution is -2.29. The van der Waals surface area contributed by atoms with Gasteiger partial charge in [0, 0.05) is 36.6 Å². The molecular weight excluding hydrogens is 364 g/mol. The summed E-state index contributed by atoms with van der Waals surface area (Å²) in [5, 5.41) is 9.69. The Labute approximate surface area is 162 Å². The van der Waals surface area contributed by atoms with Gasteiger partial charge in [-0.2, -0.15) is 9.97 Å². The maximum Gasteiger partial charge on any atom is 0.239 e. The maximum atomic E-state index is 12.1. The van der Waals surface area contributed by atoms with Gasteiger partial charge in [-0.15, -0.1) is 0 Å². The lowest BCUT2D eigenvalue weighted by atomic mass is 10.2. The molecule has 27 heavy (non-hydrogen) atoms. The van der Waals surface area contributed by atoms with E-state index in [-0.39, 0.29) is 12.5 Å². The van der Waals surface area contributed by atoms with E-state index in [1.807, 2.05) is 48.1 Å². The van der Waals surface area contributed by atoms with Crippen molar-refractivity contribution < 1.29 is 4.79 Å². The van der Waals surface area contributed by atoms with E-state index in [0.717, 1.165) is 11.4 Å². The molecule has 0 radical (unpaired) electrons. The predicted molar refractivity (Wildman–Crippen MR) is 107 cm³/mol. The molecule has 2 heterocycles. The van der Waals surface area contributed by atoms with Crippen molar-refractivity contribution in [3.05, 3.63) is 65.4 Å². The number of benzene rings is 1. The number of carbonyl (C=O) groups is 1. The predicted octanol–water partition coefficient (Wildman–Crippen LogP) is 3.08. The van der Waals surface area contributed by atoms with Crippen LogP contribution in [0, 0.1) is 0 Å². The van der Waals surface area contributed by atoms with Crippen LogP contribution in [0.25, 0.3) is 5.82 Å². The third-order valence-corrected chi connectivity index (χ3v) is 4.00. The van der Waals surface area contributed by atoms with Gasteiger partial charge in [0.15, 0.2) is 0 Å². The fourth-order valence-corrected chi connectivity index (χ4v) is 2.54. The average molecular weight is 385 g/mol. The van der Waals surface area contributed by atoms with Crippen LogP contribution in [0.5, 0.6) is 0 Å². The molecule has 3 rings (SSSR count). The monoisotopic (exact) mass is 384 g/mol. The van der Waals surface area contributed by atoms with Crippen molar-refractivity contribution in [2.24, 2.45) is 0 Å². The molecule has 140 valence electrons. The molecule has 8 heteroatoms. The topological polar surface area (TPSA) is 83.9 Å². The Hall–Kier alpha value is -3.06. The van der Waals surface area contributed by atoms with Crippen LogP contribution in [0.4, 0.5) is 11.8 Å². The molecule has 0 spiro atoms. The van der Waals surface area contributed by atoms with Crippen molar-refractivity contribution >= 4 is 29.3 Å². The molecule has 0 aliphatic carbocycles. The first kappa shape index (κ1) is 18.7. The summed E-state index contributed by atoms with van der Waals surface area (Å²) in [4.78, 5) is 21.0. The van der Waals surface area contributed by atoms with Crippen LogP contribution >= 0.6 is 11.6 Å². The second-order valence-electron chi connectivity index (χ2n) is 5.81. The number of halogens is 1. The Morgan fingerprint density at radius 2 is 1.85 bits per heavy atom. The van der Waals surface area contributed by atoms with Gasteiger partial charge in [-0.3, -0.25) is 4.79 Å². The van der Waals surface area contributed by atoms with E-state index in [4.69, 9.17) is 11.6 Å². The molecule has 3 aromatic rings. The third kappa shape index (κ3) is 5.46. The summed E-state index contributed by atoms with van der Waals surface area (Å²) in [6, 6.07) is 13.0. The molecule has 3 N–H and O–H groups in total. The fraction of sp³-hybridized carbons (Fsp3) is 0.211. The van der Waals surface area contributed by atoms with E-state index in [9.17, 15) is 4.79 Å². The summed E-state index contributed by atoms with van der Waals surface area (Å²) in [6.45, 7) is 3.24. The van der Waals surface area contributed by atoms with Crippen molar-refractivity contribution in [2.75, 3.05) is 23.7 Å².